The molecule has 1 amide bonds. The van der Waals surface area contributed by atoms with Gasteiger partial charge in [-0.25, -0.2) is 4.79 Å². The Morgan fingerprint density at radius 3 is 2.80 bits per heavy atom. The van der Waals surface area contributed by atoms with Crippen molar-refractivity contribution in [2.75, 3.05) is 6.54 Å². The fraction of sp³-hybridized carbons (Fsp3) is 0.643. The highest BCUT2D eigenvalue weighted by Gasteiger charge is 2.37. The molecule has 108 valence electrons. The van der Waals surface area contributed by atoms with Crippen LogP contribution in [0, 0.1) is 5.92 Å². The Balaban J connectivity index is 1.78. The monoisotopic (exact) mass is 278 g/mol. The summed E-state index contributed by atoms with van der Waals surface area (Å²) in [6.07, 6.45) is 3.47. The van der Waals surface area contributed by atoms with Gasteiger partial charge in [0.05, 0.1) is 5.69 Å². The topological polar surface area (TPSA) is 83.6 Å². The van der Waals surface area contributed by atoms with Gasteiger partial charge in [0.2, 0.25) is 5.76 Å². The predicted octanol–water partition coefficient (Wildman–Crippen LogP) is 1.88. The van der Waals surface area contributed by atoms with E-state index in [9.17, 15) is 14.7 Å². The summed E-state index contributed by atoms with van der Waals surface area (Å²) in [5, 5.41) is 13.2. The minimum atomic E-state index is -0.952. The van der Waals surface area contributed by atoms with E-state index < -0.39 is 12.0 Å². The number of rotatable bonds is 3. The molecule has 2 fully saturated rings. The van der Waals surface area contributed by atoms with Crippen molar-refractivity contribution in [3.8, 4) is 0 Å². The Morgan fingerprint density at radius 1 is 1.40 bits per heavy atom. The van der Waals surface area contributed by atoms with E-state index >= 15 is 0 Å². The predicted molar refractivity (Wildman–Crippen MR) is 69.3 cm³/mol. The number of carbonyl (C=O) groups excluding carboxylic acids is 1. The minimum absolute atomic E-state index is 0.160. The first-order chi connectivity index (χ1) is 9.56. The summed E-state index contributed by atoms with van der Waals surface area (Å²) < 4.78 is 5.10. The van der Waals surface area contributed by atoms with Crippen LogP contribution in [0.25, 0.3) is 0 Å². The average Bonchev–Trinajstić information content (AvgIpc) is 3.15. The zero-order valence-corrected chi connectivity index (χ0v) is 11.4. The summed E-state index contributed by atoms with van der Waals surface area (Å²) in [6.45, 7) is 2.47. The number of aromatic nitrogens is 1. The van der Waals surface area contributed by atoms with Crippen LogP contribution in [0.4, 0.5) is 0 Å². The first-order valence-corrected chi connectivity index (χ1v) is 7.06. The number of hydrogen-bond acceptors (Lipinski definition) is 4. The van der Waals surface area contributed by atoms with E-state index in [1.165, 1.54) is 4.90 Å². The molecule has 1 aromatic rings. The molecule has 1 saturated carbocycles. The Bertz CT molecular complexity index is 535. The molecule has 2 unspecified atom stereocenters. The molecule has 2 atom stereocenters. The molecule has 1 aliphatic heterocycles. The van der Waals surface area contributed by atoms with Gasteiger partial charge in [-0.05, 0) is 31.6 Å². The average molecular weight is 278 g/mol. The van der Waals surface area contributed by atoms with Gasteiger partial charge in [0.25, 0.3) is 5.91 Å². The van der Waals surface area contributed by atoms with Crippen molar-refractivity contribution in [2.45, 2.75) is 44.6 Å². The van der Waals surface area contributed by atoms with Crippen LogP contribution in [-0.4, -0.2) is 39.6 Å². The van der Waals surface area contributed by atoms with Crippen molar-refractivity contribution in [1.82, 2.24) is 10.1 Å². The fourth-order valence-corrected chi connectivity index (χ4v) is 2.72. The molecule has 2 heterocycles. The number of piperidine rings is 1. The van der Waals surface area contributed by atoms with E-state index in [2.05, 4.69) is 5.16 Å². The number of hydrogen-bond donors (Lipinski definition) is 1. The summed E-state index contributed by atoms with van der Waals surface area (Å²) in [4.78, 5) is 25.1. The van der Waals surface area contributed by atoms with Gasteiger partial charge in [0, 0.05) is 18.5 Å². The number of carboxylic acid groups (broad SMARTS) is 1. The highest BCUT2D eigenvalue weighted by atomic mass is 16.5. The molecule has 1 saturated heterocycles. The van der Waals surface area contributed by atoms with Gasteiger partial charge in [-0.3, -0.25) is 4.79 Å². The lowest BCUT2D eigenvalue weighted by atomic mass is 9.92. The maximum Gasteiger partial charge on any atom is 0.326 e. The molecule has 1 aliphatic carbocycles. The molecular weight excluding hydrogens is 260 g/mol. The van der Waals surface area contributed by atoms with Crippen molar-refractivity contribution in [1.29, 1.82) is 0 Å². The summed E-state index contributed by atoms with van der Waals surface area (Å²) in [5.74, 6) is -0.419. The van der Waals surface area contributed by atoms with Crippen molar-refractivity contribution >= 4 is 11.9 Å². The largest absolute Gasteiger partial charge is 0.480 e. The first-order valence-electron chi connectivity index (χ1n) is 7.06. The van der Waals surface area contributed by atoms with Crippen LogP contribution in [0.2, 0.25) is 0 Å². The number of nitrogens with zero attached hydrogens (tertiary/aromatic N) is 2. The van der Waals surface area contributed by atoms with E-state index in [0.717, 1.165) is 25.0 Å². The Morgan fingerprint density at radius 2 is 2.15 bits per heavy atom. The maximum absolute atomic E-state index is 12.4. The van der Waals surface area contributed by atoms with Crippen molar-refractivity contribution in [3.05, 3.63) is 17.5 Å². The molecule has 0 bridgehead atoms. The van der Waals surface area contributed by atoms with Gasteiger partial charge in [-0.2, -0.15) is 0 Å². The van der Waals surface area contributed by atoms with Crippen molar-refractivity contribution in [2.24, 2.45) is 5.92 Å². The molecule has 6 heteroatoms. The molecule has 0 spiro atoms. The highest BCUT2D eigenvalue weighted by molar-refractivity contribution is 5.94. The molecule has 1 aromatic heterocycles. The van der Waals surface area contributed by atoms with E-state index in [1.807, 2.05) is 6.92 Å². The summed E-state index contributed by atoms with van der Waals surface area (Å²) >= 11 is 0. The van der Waals surface area contributed by atoms with E-state index in [4.69, 9.17) is 4.52 Å². The van der Waals surface area contributed by atoms with Crippen LogP contribution in [0.3, 0.4) is 0 Å². The molecule has 0 aromatic carbocycles. The van der Waals surface area contributed by atoms with Crippen molar-refractivity contribution in [3.63, 3.8) is 0 Å². The second-order valence-corrected chi connectivity index (χ2v) is 5.87. The van der Waals surface area contributed by atoms with Crippen LogP contribution in [0.15, 0.2) is 10.6 Å². The van der Waals surface area contributed by atoms with Gasteiger partial charge in [-0.1, -0.05) is 12.1 Å². The van der Waals surface area contributed by atoms with Crippen molar-refractivity contribution < 1.29 is 19.2 Å². The molecule has 0 radical (unpaired) electrons. The third kappa shape index (κ3) is 2.42. The summed E-state index contributed by atoms with van der Waals surface area (Å²) in [5.41, 5.74) is 0.811. The lowest BCUT2D eigenvalue weighted by molar-refractivity contribution is -0.144. The van der Waals surface area contributed by atoms with Gasteiger partial charge in [-0.15, -0.1) is 0 Å². The third-order valence-electron chi connectivity index (χ3n) is 4.15. The van der Waals surface area contributed by atoms with Gasteiger partial charge < -0.3 is 14.5 Å². The number of likely N-dealkylation sites (tertiary alicyclic amines) is 1. The van der Waals surface area contributed by atoms with Crippen LogP contribution in [-0.2, 0) is 4.79 Å². The molecule has 20 heavy (non-hydrogen) atoms. The standard InChI is InChI=1S/C14H18N2O4/c1-8-4-5-16(11(6-8)14(18)19)13(17)12-7-10(15-20-12)9-2-3-9/h7-9,11H,2-6H2,1H3,(H,18,19). The zero-order chi connectivity index (χ0) is 14.3. The van der Waals surface area contributed by atoms with Crippen LogP contribution >= 0.6 is 0 Å². The Hall–Kier alpha value is -1.85. The second kappa shape index (κ2) is 4.92. The zero-order valence-electron chi connectivity index (χ0n) is 11.4. The normalized spacial score (nSPS) is 26.6. The molecule has 2 aliphatic rings. The van der Waals surface area contributed by atoms with Gasteiger partial charge >= 0.3 is 5.97 Å². The van der Waals surface area contributed by atoms with Crippen LogP contribution < -0.4 is 0 Å². The number of carbonyl (C=O) groups is 2. The molecule has 3 rings (SSSR count). The van der Waals surface area contributed by atoms with E-state index in [-0.39, 0.29) is 11.7 Å². The smallest absolute Gasteiger partial charge is 0.326 e. The number of carboxylic acids is 1. The Labute approximate surface area is 116 Å². The van der Waals surface area contributed by atoms with Gasteiger partial charge in [0.1, 0.15) is 6.04 Å². The lowest BCUT2D eigenvalue weighted by Crippen LogP contribution is -2.49. The second-order valence-electron chi connectivity index (χ2n) is 5.87. The number of amides is 1. The third-order valence-corrected chi connectivity index (χ3v) is 4.15. The van der Waals surface area contributed by atoms with E-state index in [0.29, 0.717) is 24.8 Å². The van der Waals surface area contributed by atoms with Gasteiger partial charge in [0.15, 0.2) is 0 Å². The molecular formula is C14H18N2O4. The SMILES string of the molecule is CC1CCN(C(=O)c2cc(C3CC3)no2)C(C(=O)O)C1. The Kier molecular flexibility index (Phi) is 3.23. The molecule has 1 N–H and O–H groups in total. The maximum atomic E-state index is 12.4. The summed E-state index contributed by atoms with van der Waals surface area (Å²) in [6, 6.07) is 0.900. The quantitative estimate of drug-likeness (QED) is 0.912. The number of aliphatic carboxylic acids is 1. The summed E-state index contributed by atoms with van der Waals surface area (Å²) in [7, 11) is 0. The minimum Gasteiger partial charge on any atom is -0.480 e. The van der Waals surface area contributed by atoms with Crippen LogP contribution in [0.1, 0.15) is 54.8 Å². The first kappa shape index (κ1) is 13.1. The van der Waals surface area contributed by atoms with E-state index in [1.54, 1.807) is 6.07 Å². The fourth-order valence-electron chi connectivity index (χ4n) is 2.72. The molecule has 6 nitrogen and oxygen atoms in total. The highest BCUT2D eigenvalue weighted by Crippen LogP contribution is 2.39. The lowest BCUT2D eigenvalue weighted by Gasteiger charge is -2.35. The van der Waals surface area contributed by atoms with Crippen LogP contribution in [0.5, 0.6) is 0 Å².